The Hall–Kier alpha value is -1.14. The van der Waals surface area contributed by atoms with Crippen LogP contribution in [0.15, 0.2) is 0 Å². The third-order valence-electron chi connectivity index (χ3n) is 5.81. The lowest BCUT2D eigenvalue weighted by atomic mass is 9.94. The van der Waals surface area contributed by atoms with E-state index in [-0.39, 0.29) is 25.1 Å². The molecule has 0 aromatic carbocycles. The van der Waals surface area contributed by atoms with Crippen LogP contribution >= 0.6 is 0 Å². The molecule has 0 spiro atoms. The van der Waals surface area contributed by atoms with Crippen LogP contribution in [0.3, 0.4) is 0 Å². The lowest BCUT2D eigenvalue weighted by molar-refractivity contribution is -0.152. The first kappa shape index (κ1) is 29.9. The molecule has 0 heterocycles. The van der Waals surface area contributed by atoms with Crippen molar-refractivity contribution < 1.29 is 29.6 Å². The van der Waals surface area contributed by atoms with Gasteiger partial charge in [0.15, 0.2) is 0 Å². The molecule has 0 aliphatic carbocycles. The summed E-state index contributed by atoms with van der Waals surface area (Å²) in [5.41, 5.74) is 0. The molecular formula is C25H48O6. The van der Waals surface area contributed by atoms with E-state index in [1.807, 2.05) is 0 Å². The zero-order chi connectivity index (χ0) is 23.2. The Morgan fingerprint density at radius 2 is 1.19 bits per heavy atom. The van der Waals surface area contributed by atoms with Crippen molar-refractivity contribution >= 4 is 11.9 Å². The van der Waals surface area contributed by atoms with Crippen molar-refractivity contribution in [3.8, 4) is 0 Å². The standard InChI is InChI=1S/C25H48O6/c1-2-3-4-14-17-22(25(30)31-21-23(27)20-26)18-15-12-10-8-6-5-7-9-11-13-16-19-24(28)29/h22-23,26-27H,2-21H2,1H3,(H,28,29). The van der Waals surface area contributed by atoms with Gasteiger partial charge in [-0.25, -0.2) is 0 Å². The Labute approximate surface area is 189 Å². The predicted octanol–water partition coefficient (Wildman–Crippen LogP) is 5.63. The van der Waals surface area contributed by atoms with Crippen LogP contribution in [0.5, 0.6) is 0 Å². The van der Waals surface area contributed by atoms with Crippen LogP contribution in [0.1, 0.15) is 122 Å². The van der Waals surface area contributed by atoms with Gasteiger partial charge in [-0.1, -0.05) is 96.8 Å². The van der Waals surface area contributed by atoms with E-state index in [0.29, 0.717) is 6.42 Å². The second kappa shape index (κ2) is 22.1. The van der Waals surface area contributed by atoms with Crippen molar-refractivity contribution in [3.63, 3.8) is 0 Å². The van der Waals surface area contributed by atoms with E-state index >= 15 is 0 Å². The number of aliphatic hydroxyl groups is 2. The molecule has 0 aromatic heterocycles. The Morgan fingerprint density at radius 1 is 0.742 bits per heavy atom. The fourth-order valence-corrected chi connectivity index (χ4v) is 3.80. The van der Waals surface area contributed by atoms with Crippen LogP contribution in [0.25, 0.3) is 0 Å². The average molecular weight is 445 g/mol. The number of rotatable bonds is 23. The van der Waals surface area contributed by atoms with Crippen molar-refractivity contribution in [2.45, 2.75) is 129 Å². The molecule has 6 heteroatoms. The number of carboxylic acid groups (broad SMARTS) is 1. The smallest absolute Gasteiger partial charge is 0.309 e. The molecule has 0 saturated carbocycles. The number of ether oxygens (including phenoxy) is 1. The zero-order valence-corrected chi connectivity index (χ0v) is 19.9. The van der Waals surface area contributed by atoms with Gasteiger partial charge in [-0.2, -0.15) is 0 Å². The van der Waals surface area contributed by atoms with E-state index in [0.717, 1.165) is 57.8 Å². The summed E-state index contributed by atoms with van der Waals surface area (Å²) in [4.78, 5) is 22.8. The molecular weight excluding hydrogens is 396 g/mol. The van der Waals surface area contributed by atoms with Crippen LogP contribution in [0, 0.1) is 5.92 Å². The van der Waals surface area contributed by atoms with Crippen molar-refractivity contribution in [2.75, 3.05) is 13.2 Å². The Balaban J connectivity index is 3.80. The van der Waals surface area contributed by atoms with Gasteiger partial charge in [-0.05, 0) is 19.3 Å². The monoisotopic (exact) mass is 444 g/mol. The summed E-state index contributed by atoms with van der Waals surface area (Å²) in [6.45, 7) is 1.66. The van der Waals surface area contributed by atoms with Gasteiger partial charge in [0.25, 0.3) is 0 Å². The maximum Gasteiger partial charge on any atom is 0.309 e. The highest BCUT2D eigenvalue weighted by Crippen LogP contribution is 2.21. The Kier molecular flexibility index (Phi) is 21.3. The molecule has 2 unspecified atom stereocenters. The van der Waals surface area contributed by atoms with Crippen molar-refractivity contribution in [1.29, 1.82) is 0 Å². The number of carboxylic acids is 1. The van der Waals surface area contributed by atoms with E-state index in [4.69, 9.17) is 14.9 Å². The quantitative estimate of drug-likeness (QED) is 0.139. The number of unbranched alkanes of at least 4 members (excludes halogenated alkanes) is 13. The molecule has 0 amide bonds. The number of aliphatic carboxylic acids is 1. The van der Waals surface area contributed by atoms with Crippen molar-refractivity contribution in [3.05, 3.63) is 0 Å². The predicted molar refractivity (Wildman–Crippen MR) is 124 cm³/mol. The second-order valence-electron chi connectivity index (χ2n) is 8.83. The third kappa shape index (κ3) is 20.5. The summed E-state index contributed by atoms with van der Waals surface area (Å²) in [7, 11) is 0. The lowest BCUT2D eigenvalue weighted by Gasteiger charge is -2.17. The number of aliphatic hydroxyl groups excluding tert-OH is 2. The number of hydrogen-bond donors (Lipinski definition) is 3. The van der Waals surface area contributed by atoms with Gasteiger partial charge < -0.3 is 20.1 Å². The van der Waals surface area contributed by atoms with Crippen molar-refractivity contribution in [2.24, 2.45) is 5.92 Å². The summed E-state index contributed by atoms with van der Waals surface area (Å²) in [5.74, 6) is -1.02. The zero-order valence-electron chi connectivity index (χ0n) is 19.9. The topological polar surface area (TPSA) is 104 Å². The molecule has 0 aliphatic rings. The molecule has 6 nitrogen and oxygen atoms in total. The average Bonchev–Trinajstić information content (AvgIpc) is 2.76. The molecule has 31 heavy (non-hydrogen) atoms. The van der Waals surface area contributed by atoms with Gasteiger partial charge in [0.05, 0.1) is 12.5 Å². The first-order valence-electron chi connectivity index (χ1n) is 12.7. The summed E-state index contributed by atoms with van der Waals surface area (Å²) < 4.78 is 5.21. The summed E-state index contributed by atoms with van der Waals surface area (Å²) in [6, 6.07) is 0. The highest BCUT2D eigenvalue weighted by Gasteiger charge is 2.20. The van der Waals surface area contributed by atoms with Crippen LogP contribution in [-0.2, 0) is 14.3 Å². The molecule has 0 aromatic rings. The van der Waals surface area contributed by atoms with Gasteiger partial charge >= 0.3 is 11.9 Å². The lowest BCUT2D eigenvalue weighted by Crippen LogP contribution is -2.25. The van der Waals surface area contributed by atoms with E-state index in [1.165, 1.54) is 51.4 Å². The largest absolute Gasteiger partial charge is 0.481 e. The minimum Gasteiger partial charge on any atom is -0.481 e. The molecule has 2 atom stereocenters. The first-order valence-corrected chi connectivity index (χ1v) is 12.7. The van der Waals surface area contributed by atoms with Gasteiger partial charge in [0, 0.05) is 6.42 Å². The minimum atomic E-state index is -0.991. The van der Waals surface area contributed by atoms with Crippen LogP contribution in [0.4, 0.5) is 0 Å². The van der Waals surface area contributed by atoms with E-state index < -0.39 is 12.1 Å². The SMILES string of the molecule is CCCCCCC(CCCCCCCCCCCCCC(=O)O)C(=O)OCC(O)CO. The van der Waals surface area contributed by atoms with Gasteiger partial charge in [-0.15, -0.1) is 0 Å². The maximum absolute atomic E-state index is 12.3. The van der Waals surface area contributed by atoms with E-state index in [9.17, 15) is 14.7 Å². The maximum atomic E-state index is 12.3. The fraction of sp³-hybridized carbons (Fsp3) is 0.920. The van der Waals surface area contributed by atoms with Crippen LogP contribution < -0.4 is 0 Å². The van der Waals surface area contributed by atoms with E-state index in [2.05, 4.69) is 6.92 Å². The molecule has 0 bridgehead atoms. The normalized spacial score (nSPS) is 13.1. The van der Waals surface area contributed by atoms with Crippen LogP contribution in [0.2, 0.25) is 0 Å². The van der Waals surface area contributed by atoms with Crippen molar-refractivity contribution in [1.82, 2.24) is 0 Å². The third-order valence-corrected chi connectivity index (χ3v) is 5.81. The minimum absolute atomic E-state index is 0.0936. The molecule has 0 fully saturated rings. The molecule has 0 rings (SSSR count). The molecule has 3 N–H and O–H groups in total. The summed E-state index contributed by atoms with van der Waals surface area (Å²) in [5, 5.41) is 26.9. The highest BCUT2D eigenvalue weighted by atomic mass is 16.5. The molecule has 0 aliphatic heterocycles. The Bertz CT molecular complexity index is 426. The fourth-order valence-electron chi connectivity index (χ4n) is 3.80. The van der Waals surface area contributed by atoms with Gasteiger partial charge in [0.2, 0.25) is 0 Å². The highest BCUT2D eigenvalue weighted by molar-refractivity contribution is 5.72. The van der Waals surface area contributed by atoms with Gasteiger partial charge in [0.1, 0.15) is 12.7 Å². The number of carbonyl (C=O) groups excluding carboxylic acids is 1. The Morgan fingerprint density at radius 3 is 1.65 bits per heavy atom. The molecule has 0 saturated heterocycles. The number of hydrogen-bond acceptors (Lipinski definition) is 5. The van der Waals surface area contributed by atoms with Gasteiger partial charge in [-0.3, -0.25) is 9.59 Å². The molecule has 0 radical (unpaired) electrons. The van der Waals surface area contributed by atoms with Crippen LogP contribution in [-0.4, -0.2) is 46.6 Å². The number of esters is 1. The first-order chi connectivity index (χ1) is 15.0. The number of carbonyl (C=O) groups is 2. The summed E-state index contributed by atoms with van der Waals surface area (Å²) >= 11 is 0. The summed E-state index contributed by atoms with van der Waals surface area (Å²) in [6.07, 6.45) is 18.0. The second-order valence-corrected chi connectivity index (χ2v) is 8.83. The van der Waals surface area contributed by atoms with E-state index in [1.54, 1.807) is 0 Å². The molecule has 184 valence electrons.